The van der Waals surface area contributed by atoms with Gasteiger partial charge in [-0.1, -0.05) is 17.4 Å². The van der Waals surface area contributed by atoms with E-state index in [0.29, 0.717) is 21.1 Å². The fraction of sp³-hybridized carbons (Fsp3) is 0.111. The Balaban J connectivity index is 1.74. The lowest BCUT2D eigenvalue weighted by Gasteiger charge is -2.03. The van der Waals surface area contributed by atoms with E-state index in [0.717, 1.165) is 16.3 Å². The summed E-state index contributed by atoms with van der Waals surface area (Å²) in [6.45, 7) is 0. The highest BCUT2D eigenvalue weighted by Gasteiger charge is 2.11. The zero-order chi connectivity index (χ0) is 19.6. The third kappa shape index (κ3) is 4.74. The van der Waals surface area contributed by atoms with Gasteiger partial charge in [0.05, 0.1) is 26.7 Å². The standard InChI is InChI=1S/C18H15BrN2O4S2/c1-25-15-7-3-11(9-13(15)19)4-8-17(22)21-18-20-14-6-5-12(27(2,23)24)10-16(14)26-18/h3-10H,1-2H3,(H,20,21,22). The van der Waals surface area contributed by atoms with Crippen LogP contribution in [0.2, 0.25) is 0 Å². The number of carbonyl (C=O) groups excluding carboxylic acids is 1. The molecule has 0 spiro atoms. The molecule has 0 unspecified atom stereocenters. The molecule has 0 aliphatic rings. The summed E-state index contributed by atoms with van der Waals surface area (Å²) in [6, 6.07) is 10.2. The smallest absolute Gasteiger partial charge is 0.250 e. The second-order valence-electron chi connectivity index (χ2n) is 5.64. The molecule has 0 fully saturated rings. The van der Waals surface area contributed by atoms with Crippen LogP contribution in [0.5, 0.6) is 5.75 Å². The Morgan fingerprint density at radius 3 is 2.70 bits per heavy atom. The lowest BCUT2D eigenvalue weighted by Crippen LogP contribution is -2.07. The zero-order valence-electron chi connectivity index (χ0n) is 14.4. The number of amides is 1. The molecule has 1 amide bonds. The Morgan fingerprint density at radius 1 is 1.26 bits per heavy atom. The fourth-order valence-electron chi connectivity index (χ4n) is 2.29. The van der Waals surface area contributed by atoms with Crippen molar-refractivity contribution in [3.05, 3.63) is 52.5 Å². The van der Waals surface area contributed by atoms with E-state index < -0.39 is 9.84 Å². The normalized spacial score (nSPS) is 11.8. The number of sulfone groups is 1. The van der Waals surface area contributed by atoms with Crippen molar-refractivity contribution in [2.45, 2.75) is 4.90 Å². The summed E-state index contributed by atoms with van der Waals surface area (Å²) in [5.74, 6) is 0.379. The van der Waals surface area contributed by atoms with Gasteiger partial charge in [-0.25, -0.2) is 13.4 Å². The van der Waals surface area contributed by atoms with Gasteiger partial charge >= 0.3 is 0 Å². The Morgan fingerprint density at radius 2 is 2.04 bits per heavy atom. The number of hydrogen-bond acceptors (Lipinski definition) is 6. The Kier molecular flexibility index (Phi) is 5.64. The van der Waals surface area contributed by atoms with Crippen LogP contribution in [-0.4, -0.2) is 32.7 Å². The molecule has 27 heavy (non-hydrogen) atoms. The molecule has 0 radical (unpaired) electrons. The van der Waals surface area contributed by atoms with Gasteiger partial charge in [0.15, 0.2) is 15.0 Å². The number of rotatable bonds is 5. The van der Waals surface area contributed by atoms with Crippen molar-refractivity contribution < 1.29 is 17.9 Å². The summed E-state index contributed by atoms with van der Waals surface area (Å²) in [5.41, 5.74) is 1.46. The van der Waals surface area contributed by atoms with Gasteiger partial charge in [0, 0.05) is 12.3 Å². The van der Waals surface area contributed by atoms with Gasteiger partial charge in [-0.2, -0.15) is 0 Å². The maximum atomic E-state index is 12.1. The molecule has 6 nitrogen and oxygen atoms in total. The van der Waals surface area contributed by atoms with Gasteiger partial charge in [-0.15, -0.1) is 0 Å². The molecule has 1 N–H and O–H groups in total. The molecule has 2 aromatic carbocycles. The molecular formula is C18H15BrN2O4S2. The Bertz CT molecular complexity index is 1150. The summed E-state index contributed by atoms with van der Waals surface area (Å²) in [4.78, 5) is 16.7. The first-order valence-corrected chi connectivity index (χ1v) is 11.2. The van der Waals surface area contributed by atoms with Crippen LogP contribution in [0.15, 0.2) is 51.8 Å². The van der Waals surface area contributed by atoms with Gasteiger partial charge in [0.25, 0.3) is 0 Å². The topological polar surface area (TPSA) is 85.4 Å². The number of ether oxygens (including phenoxy) is 1. The third-order valence-electron chi connectivity index (χ3n) is 3.62. The van der Waals surface area contributed by atoms with Crippen LogP contribution in [0, 0.1) is 0 Å². The lowest BCUT2D eigenvalue weighted by molar-refractivity contribution is -0.111. The van der Waals surface area contributed by atoms with Gasteiger partial charge in [-0.3, -0.25) is 10.1 Å². The number of nitrogens with one attached hydrogen (secondary N) is 1. The number of hydrogen-bond donors (Lipinski definition) is 1. The summed E-state index contributed by atoms with van der Waals surface area (Å²) in [5, 5.41) is 3.10. The van der Waals surface area contributed by atoms with Crippen molar-refractivity contribution in [1.29, 1.82) is 0 Å². The van der Waals surface area contributed by atoms with Crippen molar-refractivity contribution in [1.82, 2.24) is 4.98 Å². The zero-order valence-corrected chi connectivity index (χ0v) is 17.6. The Labute approximate surface area is 168 Å². The van der Waals surface area contributed by atoms with Gasteiger partial charge in [0.2, 0.25) is 5.91 Å². The molecule has 3 aromatic rings. The summed E-state index contributed by atoms with van der Waals surface area (Å²) >= 11 is 4.62. The number of thiazole rings is 1. The van der Waals surface area contributed by atoms with Crippen LogP contribution in [0.25, 0.3) is 16.3 Å². The maximum absolute atomic E-state index is 12.1. The largest absolute Gasteiger partial charge is 0.496 e. The molecule has 0 saturated heterocycles. The van der Waals surface area contributed by atoms with Crippen LogP contribution in [0.3, 0.4) is 0 Å². The highest BCUT2D eigenvalue weighted by Crippen LogP contribution is 2.28. The number of methoxy groups -OCH3 is 1. The van der Waals surface area contributed by atoms with E-state index in [2.05, 4.69) is 26.2 Å². The van der Waals surface area contributed by atoms with Crippen molar-refractivity contribution in [2.24, 2.45) is 0 Å². The minimum absolute atomic E-state index is 0.224. The van der Waals surface area contributed by atoms with E-state index in [4.69, 9.17) is 4.74 Å². The van der Waals surface area contributed by atoms with Crippen molar-refractivity contribution in [2.75, 3.05) is 18.7 Å². The van der Waals surface area contributed by atoms with Crippen molar-refractivity contribution in [3.8, 4) is 5.75 Å². The number of halogens is 1. The minimum atomic E-state index is -3.29. The van der Waals surface area contributed by atoms with Crippen LogP contribution in [0.1, 0.15) is 5.56 Å². The van der Waals surface area contributed by atoms with Crippen LogP contribution in [-0.2, 0) is 14.6 Å². The molecule has 3 rings (SSSR count). The molecule has 9 heteroatoms. The maximum Gasteiger partial charge on any atom is 0.250 e. The number of aromatic nitrogens is 1. The van der Waals surface area contributed by atoms with Crippen LogP contribution >= 0.6 is 27.3 Å². The van der Waals surface area contributed by atoms with E-state index >= 15 is 0 Å². The Hall–Kier alpha value is -2.23. The van der Waals surface area contributed by atoms with E-state index in [1.54, 1.807) is 31.4 Å². The first-order valence-electron chi connectivity index (χ1n) is 7.69. The number of carbonyl (C=O) groups is 1. The molecular weight excluding hydrogens is 452 g/mol. The van der Waals surface area contributed by atoms with Crippen molar-refractivity contribution >= 4 is 64.4 Å². The van der Waals surface area contributed by atoms with E-state index in [-0.39, 0.29) is 10.8 Å². The number of anilines is 1. The second kappa shape index (κ2) is 7.79. The lowest BCUT2D eigenvalue weighted by atomic mass is 10.2. The number of fused-ring (bicyclic) bond motifs is 1. The highest BCUT2D eigenvalue weighted by atomic mass is 79.9. The molecule has 1 aromatic heterocycles. The molecule has 0 bridgehead atoms. The predicted octanol–water partition coefficient (Wildman–Crippen LogP) is 4.12. The van der Waals surface area contributed by atoms with Gasteiger partial charge in [-0.05, 0) is 57.9 Å². The third-order valence-corrected chi connectivity index (χ3v) is 6.28. The van der Waals surface area contributed by atoms with Gasteiger partial charge in [0.1, 0.15) is 5.75 Å². The quantitative estimate of drug-likeness (QED) is 0.571. The molecule has 0 saturated carbocycles. The first-order chi connectivity index (χ1) is 12.8. The van der Waals surface area contributed by atoms with E-state index in [9.17, 15) is 13.2 Å². The summed E-state index contributed by atoms with van der Waals surface area (Å²) < 4.78 is 29.9. The van der Waals surface area contributed by atoms with Gasteiger partial charge < -0.3 is 4.74 Å². The molecule has 1 heterocycles. The molecule has 0 atom stereocenters. The number of benzene rings is 2. The fourth-order valence-corrected chi connectivity index (χ4v) is 4.48. The molecule has 0 aliphatic carbocycles. The predicted molar refractivity (Wildman–Crippen MR) is 111 cm³/mol. The van der Waals surface area contributed by atoms with Crippen molar-refractivity contribution in [3.63, 3.8) is 0 Å². The average molecular weight is 467 g/mol. The minimum Gasteiger partial charge on any atom is -0.496 e. The first kappa shape index (κ1) is 19.5. The molecule has 0 aliphatic heterocycles. The van der Waals surface area contributed by atoms with Crippen LogP contribution < -0.4 is 10.1 Å². The molecule has 140 valence electrons. The van der Waals surface area contributed by atoms with E-state index in [1.165, 1.54) is 23.5 Å². The average Bonchev–Trinajstić information content (AvgIpc) is 3.00. The van der Waals surface area contributed by atoms with E-state index in [1.807, 2.05) is 12.1 Å². The second-order valence-corrected chi connectivity index (χ2v) is 9.54. The number of nitrogens with zero attached hydrogens (tertiary/aromatic N) is 1. The van der Waals surface area contributed by atoms with Crippen LogP contribution in [0.4, 0.5) is 5.13 Å². The monoisotopic (exact) mass is 466 g/mol. The SMILES string of the molecule is COc1ccc(C=CC(=O)Nc2nc3ccc(S(C)(=O)=O)cc3s2)cc1Br. The summed E-state index contributed by atoms with van der Waals surface area (Å²) in [7, 11) is -1.71. The summed E-state index contributed by atoms with van der Waals surface area (Å²) in [6.07, 6.45) is 4.23. The highest BCUT2D eigenvalue weighted by molar-refractivity contribution is 9.10.